The van der Waals surface area contributed by atoms with Crippen LogP contribution in [-0.2, 0) is 0 Å². The number of rotatable bonds is 3. The van der Waals surface area contributed by atoms with Crippen molar-refractivity contribution >= 4 is 0 Å². The molecule has 9 heavy (non-hydrogen) atoms. The molecule has 0 aliphatic heterocycles. The normalized spacial score (nSPS) is 10.4. The molecule has 0 amide bonds. The molecule has 0 bridgehead atoms. The summed E-state index contributed by atoms with van der Waals surface area (Å²) in [7, 11) is 0. The van der Waals surface area contributed by atoms with Crippen LogP contribution in [0.4, 0.5) is 0 Å². The molecule has 3 N–H and O–H groups in total. The molecule has 0 radical (unpaired) electrons. The molecule has 0 aliphatic rings. The van der Waals surface area contributed by atoms with Gasteiger partial charge >= 0.3 is 5.82 Å². The van der Waals surface area contributed by atoms with Crippen LogP contribution in [0.3, 0.4) is 0 Å². The molecule has 0 aromatic carbocycles. The fraction of sp³-hybridized carbons (Fsp3) is 0. The largest absolute Gasteiger partial charge is 0.398 e. The highest BCUT2D eigenvalue weighted by molar-refractivity contribution is 4.88. The van der Waals surface area contributed by atoms with E-state index in [1.165, 1.54) is 6.20 Å². The molecule has 50 valence electrons. The molecular formula is C4H7N3O2. The minimum Gasteiger partial charge on any atom is -0.398 e. The van der Waals surface area contributed by atoms with Crippen molar-refractivity contribution in [1.82, 2.24) is 5.32 Å². The van der Waals surface area contributed by atoms with Gasteiger partial charge in [0, 0.05) is 0 Å². The minimum atomic E-state index is -0.637. The van der Waals surface area contributed by atoms with Gasteiger partial charge in [0.05, 0.1) is 12.4 Å². The fourth-order valence-corrected chi connectivity index (χ4v) is 0.266. The van der Waals surface area contributed by atoms with E-state index in [0.717, 1.165) is 6.20 Å². The Morgan fingerprint density at radius 2 is 2.44 bits per heavy atom. The van der Waals surface area contributed by atoms with E-state index in [9.17, 15) is 10.1 Å². The maximum atomic E-state index is 9.87. The number of nitrogens with one attached hydrogen (secondary N) is 1. The van der Waals surface area contributed by atoms with Crippen molar-refractivity contribution in [3.05, 3.63) is 34.9 Å². The average molecular weight is 129 g/mol. The first kappa shape index (κ1) is 7.48. The number of nitrogens with zero attached hydrogens (tertiary/aromatic N) is 1. The Balaban J connectivity index is 4.00. The van der Waals surface area contributed by atoms with Gasteiger partial charge in [-0.15, -0.1) is 0 Å². The zero-order valence-corrected chi connectivity index (χ0v) is 4.70. The summed E-state index contributed by atoms with van der Waals surface area (Å²) in [5, 5.41) is 12.1. The first-order valence-corrected chi connectivity index (χ1v) is 2.16. The predicted octanol–water partition coefficient (Wildman–Crippen LogP) is -0.246. The Morgan fingerprint density at radius 3 is 2.56 bits per heavy atom. The molecule has 0 fully saturated rings. The first-order chi connectivity index (χ1) is 4.22. The third kappa shape index (κ3) is 2.32. The second-order valence-electron chi connectivity index (χ2n) is 1.16. The van der Waals surface area contributed by atoms with E-state index >= 15 is 0 Å². The monoisotopic (exact) mass is 129 g/mol. The Bertz CT molecular complexity index is 152. The van der Waals surface area contributed by atoms with Crippen LogP contribution in [0.15, 0.2) is 24.8 Å². The summed E-state index contributed by atoms with van der Waals surface area (Å²) in [4.78, 5) is 9.23. The van der Waals surface area contributed by atoms with Gasteiger partial charge in [0.2, 0.25) is 0 Å². The Labute approximate surface area is 52.0 Å². The second kappa shape index (κ2) is 3.48. The lowest BCUT2D eigenvalue weighted by Crippen LogP contribution is -2.14. The fourth-order valence-electron chi connectivity index (χ4n) is 0.266. The van der Waals surface area contributed by atoms with Crippen molar-refractivity contribution in [2.75, 3.05) is 0 Å². The van der Waals surface area contributed by atoms with Crippen molar-refractivity contribution < 1.29 is 4.92 Å². The lowest BCUT2D eigenvalue weighted by atomic mass is 10.7. The third-order valence-electron chi connectivity index (χ3n) is 0.605. The summed E-state index contributed by atoms with van der Waals surface area (Å²) in [6.07, 6.45) is 2.04. The molecular weight excluding hydrogens is 122 g/mol. The van der Waals surface area contributed by atoms with Gasteiger partial charge in [0.25, 0.3) is 0 Å². The topological polar surface area (TPSA) is 81.2 Å². The molecule has 0 unspecified atom stereocenters. The van der Waals surface area contributed by atoms with Crippen molar-refractivity contribution in [3.63, 3.8) is 0 Å². The number of nitro groups is 1. The molecule has 0 saturated carbocycles. The van der Waals surface area contributed by atoms with Crippen LogP contribution in [0.2, 0.25) is 0 Å². The number of hydrogen-bond acceptors (Lipinski definition) is 4. The second-order valence-corrected chi connectivity index (χ2v) is 1.16. The summed E-state index contributed by atoms with van der Waals surface area (Å²) < 4.78 is 0. The van der Waals surface area contributed by atoms with E-state index in [2.05, 4.69) is 11.9 Å². The van der Waals surface area contributed by atoms with Crippen LogP contribution >= 0.6 is 0 Å². The highest BCUT2D eigenvalue weighted by Gasteiger charge is 2.00. The van der Waals surface area contributed by atoms with E-state index in [1.54, 1.807) is 0 Å². The van der Waals surface area contributed by atoms with Gasteiger partial charge < -0.3 is 15.8 Å². The highest BCUT2D eigenvalue weighted by atomic mass is 16.6. The molecule has 0 saturated heterocycles. The smallest absolute Gasteiger partial charge is 0.336 e. The lowest BCUT2D eigenvalue weighted by molar-refractivity contribution is -0.430. The molecule has 5 heteroatoms. The highest BCUT2D eigenvalue weighted by Crippen LogP contribution is 1.84. The maximum Gasteiger partial charge on any atom is 0.336 e. The van der Waals surface area contributed by atoms with Crippen LogP contribution in [-0.4, -0.2) is 4.92 Å². The van der Waals surface area contributed by atoms with Crippen LogP contribution < -0.4 is 11.1 Å². The minimum absolute atomic E-state index is 0.273. The van der Waals surface area contributed by atoms with E-state index in [-0.39, 0.29) is 5.82 Å². The lowest BCUT2D eigenvalue weighted by Gasteiger charge is -1.94. The van der Waals surface area contributed by atoms with Crippen molar-refractivity contribution in [3.8, 4) is 0 Å². The van der Waals surface area contributed by atoms with E-state index in [0.29, 0.717) is 0 Å². The van der Waals surface area contributed by atoms with Crippen LogP contribution in [0.5, 0.6) is 0 Å². The zero-order valence-electron chi connectivity index (χ0n) is 4.70. The van der Waals surface area contributed by atoms with Crippen molar-refractivity contribution in [2.45, 2.75) is 0 Å². The Morgan fingerprint density at radius 1 is 1.89 bits per heavy atom. The number of nitrogens with two attached hydrogens (primary N) is 1. The maximum absolute atomic E-state index is 9.87. The van der Waals surface area contributed by atoms with Crippen molar-refractivity contribution in [1.29, 1.82) is 0 Å². The number of hydrogen-bond donors (Lipinski definition) is 2. The first-order valence-electron chi connectivity index (χ1n) is 2.16. The summed E-state index contributed by atoms with van der Waals surface area (Å²) in [5.41, 5.74) is 4.85. The van der Waals surface area contributed by atoms with Crippen LogP contribution in [0.1, 0.15) is 0 Å². The van der Waals surface area contributed by atoms with Gasteiger partial charge in [-0.25, -0.2) is 5.32 Å². The SMILES string of the molecule is C=CN/C(=C\N)[N+](=O)[O-]. The third-order valence-corrected chi connectivity index (χ3v) is 0.605. The van der Waals surface area contributed by atoms with Gasteiger partial charge in [-0.2, -0.15) is 0 Å². The quantitative estimate of drug-likeness (QED) is 0.406. The molecule has 0 aromatic rings. The molecule has 0 atom stereocenters. The summed E-state index contributed by atoms with van der Waals surface area (Å²) in [5.74, 6) is -0.273. The molecule has 0 heterocycles. The molecule has 0 spiro atoms. The van der Waals surface area contributed by atoms with Gasteiger partial charge in [-0.05, 0) is 4.92 Å². The average Bonchev–Trinajstić information content (AvgIpc) is 1.82. The molecule has 0 aromatic heterocycles. The molecule has 0 rings (SSSR count). The van der Waals surface area contributed by atoms with Crippen molar-refractivity contribution in [2.24, 2.45) is 5.73 Å². The van der Waals surface area contributed by atoms with Crippen LogP contribution in [0, 0.1) is 10.1 Å². The standard InChI is InChI=1S/C4H7N3O2/c1-2-6-4(3-5)7(8)9/h2-3,6H,1,5H2/b4-3+. The molecule has 0 aliphatic carbocycles. The Kier molecular flexibility index (Phi) is 2.89. The predicted molar refractivity (Wildman–Crippen MR) is 32.6 cm³/mol. The summed E-state index contributed by atoms with van der Waals surface area (Å²) in [6, 6.07) is 0. The van der Waals surface area contributed by atoms with E-state index in [4.69, 9.17) is 5.73 Å². The van der Waals surface area contributed by atoms with Gasteiger partial charge in [-0.3, -0.25) is 0 Å². The van der Waals surface area contributed by atoms with E-state index in [1.807, 2.05) is 0 Å². The van der Waals surface area contributed by atoms with Crippen LogP contribution in [0.25, 0.3) is 0 Å². The van der Waals surface area contributed by atoms with E-state index < -0.39 is 4.92 Å². The van der Waals surface area contributed by atoms with Gasteiger partial charge in [0.1, 0.15) is 0 Å². The van der Waals surface area contributed by atoms with Gasteiger partial charge in [-0.1, -0.05) is 6.58 Å². The zero-order chi connectivity index (χ0) is 7.28. The summed E-state index contributed by atoms with van der Waals surface area (Å²) in [6.45, 7) is 3.22. The summed E-state index contributed by atoms with van der Waals surface area (Å²) >= 11 is 0. The Hall–Kier alpha value is -1.52. The van der Waals surface area contributed by atoms with Gasteiger partial charge in [0.15, 0.2) is 0 Å². The molecule has 5 nitrogen and oxygen atoms in total.